The van der Waals surface area contributed by atoms with Crippen LogP contribution < -0.4 is 5.73 Å². The van der Waals surface area contributed by atoms with E-state index in [4.69, 9.17) is 10.2 Å². The first kappa shape index (κ1) is 10.9. The smallest absolute Gasteiger partial charge is 0.221 e. The highest BCUT2D eigenvalue weighted by molar-refractivity contribution is 5.77. The molecule has 16 heavy (non-hydrogen) atoms. The Balaban J connectivity index is 1.91. The van der Waals surface area contributed by atoms with Crippen LogP contribution in [0.15, 0.2) is 16.5 Å². The van der Waals surface area contributed by atoms with Crippen LogP contribution in [0.4, 0.5) is 0 Å². The third-order valence-electron chi connectivity index (χ3n) is 2.85. The predicted octanol–water partition coefficient (Wildman–Crippen LogP) is 0.399. The van der Waals surface area contributed by atoms with E-state index in [0.29, 0.717) is 25.1 Å². The summed E-state index contributed by atoms with van der Waals surface area (Å²) >= 11 is 0. The van der Waals surface area contributed by atoms with Crippen molar-refractivity contribution in [2.24, 2.45) is 11.7 Å². The van der Waals surface area contributed by atoms with Crippen LogP contribution in [-0.4, -0.2) is 30.2 Å². The van der Waals surface area contributed by atoms with Gasteiger partial charge in [0.25, 0.3) is 0 Å². The quantitative estimate of drug-likeness (QED) is 0.748. The van der Waals surface area contributed by atoms with Gasteiger partial charge in [-0.25, -0.2) is 0 Å². The number of aldehydes is 1. The van der Waals surface area contributed by atoms with Crippen molar-refractivity contribution >= 4 is 12.2 Å². The lowest BCUT2D eigenvalue weighted by Crippen LogP contribution is -2.27. The van der Waals surface area contributed by atoms with E-state index < -0.39 is 0 Å². The number of likely N-dealkylation sites (tertiary alicyclic amines) is 1. The molecule has 2 rings (SSSR count). The average Bonchev–Trinajstić information content (AvgIpc) is 2.87. The summed E-state index contributed by atoms with van der Waals surface area (Å²) in [7, 11) is 0. The molecular weight excluding hydrogens is 208 g/mol. The Bertz CT molecular complexity index is 400. The summed E-state index contributed by atoms with van der Waals surface area (Å²) in [5.41, 5.74) is 5.24. The van der Waals surface area contributed by atoms with Gasteiger partial charge >= 0.3 is 0 Å². The standard InChI is InChI=1S/C11H14N2O3/c12-11(15)8-3-4-13(5-8)6-9-1-2-10(7-14)16-9/h1-2,7-8H,3-6H2,(H2,12,15). The second-order valence-electron chi connectivity index (χ2n) is 4.05. The lowest BCUT2D eigenvalue weighted by molar-refractivity contribution is -0.121. The fraction of sp³-hybridized carbons (Fsp3) is 0.455. The van der Waals surface area contributed by atoms with Gasteiger partial charge in [-0.15, -0.1) is 0 Å². The molecule has 0 aliphatic carbocycles. The number of furan rings is 1. The van der Waals surface area contributed by atoms with Crippen LogP contribution in [0.1, 0.15) is 22.7 Å². The largest absolute Gasteiger partial charge is 0.457 e. The number of hydrogen-bond acceptors (Lipinski definition) is 4. The van der Waals surface area contributed by atoms with E-state index in [1.807, 2.05) is 0 Å². The SMILES string of the molecule is NC(=O)C1CCN(Cc2ccc(C=O)o2)C1. The fourth-order valence-corrected chi connectivity index (χ4v) is 1.97. The van der Waals surface area contributed by atoms with Gasteiger partial charge in [-0.3, -0.25) is 14.5 Å². The molecule has 86 valence electrons. The van der Waals surface area contributed by atoms with Crippen LogP contribution in [-0.2, 0) is 11.3 Å². The van der Waals surface area contributed by atoms with Crippen molar-refractivity contribution in [3.8, 4) is 0 Å². The minimum absolute atomic E-state index is 0.0551. The first-order valence-electron chi connectivity index (χ1n) is 5.24. The molecule has 0 spiro atoms. The molecule has 1 amide bonds. The Hall–Kier alpha value is -1.62. The first-order chi connectivity index (χ1) is 7.69. The van der Waals surface area contributed by atoms with Crippen LogP contribution >= 0.6 is 0 Å². The molecule has 2 N–H and O–H groups in total. The van der Waals surface area contributed by atoms with Gasteiger partial charge in [0.1, 0.15) is 5.76 Å². The molecule has 0 saturated carbocycles. The van der Waals surface area contributed by atoms with Gasteiger partial charge in [0.2, 0.25) is 5.91 Å². The molecule has 0 radical (unpaired) electrons. The number of carbonyl (C=O) groups is 2. The minimum Gasteiger partial charge on any atom is -0.457 e. The molecule has 0 bridgehead atoms. The summed E-state index contributed by atoms with van der Waals surface area (Å²) in [4.78, 5) is 23.5. The monoisotopic (exact) mass is 222 g/mol. The number of nitrogens with two attached hydrogens (primary N) is 1. The van der Waals surface area contributed by atoms with E-state index in [-0.39, 0.29) is 11.8 Å². The maximum atomic E-state index is 11.0. The molecule has 1 aromatic heterocycles. The van der Waals surface area contributed by atoms with E-state index in [9.17, 15) is 9.59 Å². The second kappa shape index (κ2) is 4.49. The van der Waals surface area contributed by atoms with Crippen LogP contribution in [0.2, 0.25) is 0 Å². The molecule has 1 atom stereocenters. The first-order valence-corrected chi connectivity index (χ1v) is 5.24. The van der Waals surface area contributed by atoms with Crippen LogP contribution in [0.5, 0.6) is 0 Å². The summed E-state index contributed by atoms with van der Waals surface area (Å²) in [5.74, 6) is 0.781. The number of hydrogen-bond donors (Lipinski definition) is 1. The summed E-state index contributed by atoms with van der Waals surface area (Å²) in [6, 6.07) is 3.42. The molecule has 1 aliphatic heterocycles. The van der Waals surface area contributed by atoms with Gasteiger partial charge in [-0.2, -0.15) is 0 Å². The highest BCUT2D eigenvalue weighted by Gasteiger charge is 2.26. The Morgan fingerprint density at radius 3 is 3.00 bits per heavy atom. The van der Waals surface area contributed by atoms with Gasteiger partial charge in [0.05, 0.1) is 12.5 Å². The molecule has 5 heteroatoms. The summed E-state index contributed by atoms with van der Waals surface area (Å²) in [6.45, 7) is 2.13. The topological polar surface area (TPSA) is 76.5 Å². The second-order valence-corrected chi connectivity index (χ2v) is 4.05. The Morgan fingerprint density at radius 2 is 2.44 bits per heavy atom. The molecule has 5 nitrogen and oxygen atoms in total. The van der Waals surface area contributed by atoms with Crippen molar-refractivity contribution in [1.82, 2.24) is 4.90 Å². The van der Waals surface area contributed by atoms with Gasteiger partial charge in [-0.1, -0.05) is 0 Å². The molecule has 1 saturated heterocycles. The van der Waals surface area contributed by atoms with Gasteiger partial charge < -0.3 is 10.2 Å². The third kappa shape index (κ3) is 2.30. The average molecular weight is 222 g/mol. The summed E-state index contributed by atoms with van der Waals surface area (Å²) < 4.78 is 5.26. The van der Waals surface area contributed by atoms with Crippen LogP contribution in [0.25, 0.3) is 0 Å². The van der Waals surface area contributed by atoms with E-state index in [1.54, 1.807) is 12.1 Å². The Morgan fingerprint density at radius 1 is 1.62 bits per heavy atom. The van der Waals surface area contributed by atoms with Crippen molar-refractivity contribution in [2.75, 3.05) is 13.1 Å². The predicted molar refractivity (Wildman–Crippen MR) is 56.7 cm³/mol. The van der Waals surface area contributed by atoms with Crippen molar-refractivity contribution in [3.05, 3.63) is 23.7 Å². The minimum atomic E-state index is -0.240. The van der Waals surface area contributed by atoms with Gasteiger partial charge in [0.15, 0.2) is 12.0 Å². The summed E-state index contributed by atoms with van der Waals surface area (Å²) in [5, 5.41) is 0. The van der Waals surface area contributed by atoms with Crippen molar-refractivity contribution in [3.63, 3.8) is 0 Å². The van der Waals surface area contributed by atoms with Crippen molar-refractivity contribution in [1.29, 1.82) is 0 Å². The molecule has 1 unspecified atom stereocenters. The van der Waals surface area contributed by atoms with Gasteiger partial charge in [-0.05, 0) is 25.1 Å². The van der Waals surface area contributed by atoms with Crippen molar-refractivity contribution in [2.45, 2.75) is 13.0 Å². The fourth-order valence-electron chi connectivity index (χ4n) is 1.97. The molecule has 0 aromatic carbocycles. The van der Waals surface area contributed by atoms with Crippen molar-refractivity contribution < 1.29 is 14.0 Å². The number of rotatable bonds is 4. The summed E-state index contributed by atoms with van der Waals surface area (Å²) in [6.07, 6.45) is 1.48. The maximum Gasteiger partial charge on any atom is 0.221 e. The third-order valence-corrected chi connectivity index (χ3v) is 2.85. The number of nitrogens with zero attached hydrogens (tertiary/aromatic N) is 1. The Labute approximate surface area is 93.2 Å². The molecule has 1 fully saturated rings. The lowest BCUT2D eigenvalue weighted by Gasteiger charge is -2.12. The zero-order chi connectivity index (χ0) is 11.5. The lowest BCUT2D eigenvalue weighted by atomic mass is 10.1. The zero-order valence-electron chi connectivity index (χ0n) is 8.89. The van der Waals surface area contributed by atoms with E-state index in [1.165, 1.54) is 0 Å². The van der Waals surface area contributed by atoms with Crippen LogP contribution in [0.3, 0.4) is 0 Å². The molecule has 2 heterocycles. The Kier molecular flexibility index (Phi) is 3.05. The van der Waals surface area contributed by atoms with Gasteiger partial charge in [0, 0.05) is 6.54 Å². The molecular formula is C11H14N2O3. The highest BCUT2D eigenvalue weighted by Crippen LogP contribution is 2.18. The van der Waals surface area contributed by atoms with E-state index in [0.717, 1.165) is 18.7 Å². The molecule has 1 aromatic rings. The van der Waals surface area contributed by atoms with Crippen LogP contribution in [0, 0.1) is 5.92 Å². The normalized spacial score (nSPS) is 21.1. The number of primary amides is 1. The van der Waals surface area contributed by atoms with E-state index in [2.05, 4.69) is 4.90 Å². The maximum absolute atomic E-state index is 11.0. The number of carbonyl (C=O) groups excluding carboxylic acids is 2. The zero-order valence-corrected chi connectivity index (χ0v) is 8.89. The number of amides is 1. The van der Waals surface area contributed by atoms with E-state index >= 15 is 0 Å². The molecule has 1 aliphatic rings. The highest BCUT2D eigenvalue weighted by atomic mass is 16.3.